The largest absolute Gasteiger partial charge is 0.376 e. The monoisotopic (exact) mass is 186 g/mol. The van der Waals surface area contributed by atoms with Crippen LogP contribution < -0.4 is 11.1 Å². The predicted octanol–water partition coefficient (Wildman–Crippen LogP) is 0.0189. The van der Waals surface area contributed by atoms with Crippen molar-refractivity contribution in [3.05, 3.63) is 0 Å². The Morgan fingerprint density at radius 3 is 2.62 bits per heavy atom. The average Bonchev–Trinajstić information content (AvgIpc) is 2.02. The minimum absolute atomic E-state index is 0.107. The van der Waals surface area contributed by atoms with E-state index in [0.29, 0.717) is 6.54 Å². The van der Waals surface area contributed by atoms with E-state index in [1.54, 1.807) is 14.0 Å². The zero-order valence-corrected chi connectivity index (χ0v) is 8.30. The number of methoxy groups -OCH3 is 1. The molecule has 0 aromatic rings. The molecule has 1 atom stereocenters. The third-order valence-corrected chi connectivity index (χ3v) is 2.70. The molecule has 0 aromatic carbocycles. The van der Waals surface area contributed by atoms with Crippen LogP contribution in [0.2, 0.25) is 0 Å². The smallest absolute Gasteiger partial charge is 0.236 e. The summed E-state index contributed by atoms with van der Waals surface area (Å²) in [6.45, 7) is 2.26. The van der Waals surface area contributed by atoms with Gasteiger partial charge in [0.05, 0.1) is 11.6 Å². The zero-order chi connectivity index (χ0) is 9.90. The molecule has 1 amide bonds. The van der Waals surface area contributed by atoms with E-state index < -0.39 is 6.04 Å². The fourth-order valence-electron chi connectivity index (χ4n) is 1.43. The van der Waals surface area contributed by atoms with Crippen LogP contribution in [0.4, 0.5) is 0 Å². The lowest BCUT2D eigenvalue weighted by Gasteiger charge is -2.40. The molecule has 0 spiro atoms. The van der Waals surface area contributed by atoms with Gasteiger partial charge in [-0.3, -0.25) is 4.79 Å². The second kappa shape index (κ2) is 4.07. The lowest BCUT2D eigenvalue weighted by Crippen LogP contribution is -2.51. The number of carbonyl (C=O) groups excluding carboxylic acids is 1. The number of nitrogens with one attached hydrogen (secondary N) is 1. The van der Waals surface area contributed by atoms with E-state index in [1.165, 1.54) is 6.42 Å². The fraction of sp³-hybridized carbons (Fsp3) is 0.889. The third kappa shape index (κ3) is 2.42. The van der Waals surface area contributed by atoms with Gasteiger partial charge >= 0.3 is 0 Å². The first-order chi connectivity index (χ1) is 6.09. The summed E-state index contributed by atoms with van der Waals surface area (Å²) in [5, 5.41) is 2.79. The molecule has 0 saturated heterocycles. The first-order valence-electron chi connectivity index (χ1n) is 4.68. The number of carbonyl (C=O) groups is 1. The maximum Gasteiger partial charge on any atom is 0.236 e. The van der Waals surface area contributed by atoms with Crippen molar-refractivity contribution in [2.24, 2.45) is 5.73 Å². The van der Waals surface area contributed by atoms with E-state index >= 15 is 0 Å². The van der Waals surface area contributed by atoms with Gasteiger partial charge in [0.15, 0.2) is 0 Å². The van der Waals surface area contributed by atoms with Crippen molar-refractivity contribution < 1.29 is 9.53 Å². The van der Waals surface area contributed by atoms with E-state index in [2.05, 4.69) is 5.32 Å². The minimum atomic E-state index is -0.436. The summed E-state index contributed by atoms with van der Waals surface area (Å²) in [4.78, 5) is 11.2. The van der Waals surface area contributed by atoms with Crippen molar-refractivity contribution in [3.63, 3.8) is 0 Å². The molecule has 1 fully saturated rings. The van der Waals surface area contributed by atoms with Crippen LogP contribution in [-0.4, -0.2) is 31.2 Å². The Hall–Kier alpha value is -0.610. The molecule has 0 radical (unpaired) electrons. The topological polar surface area (TPSA) is 64.3 Å². The molecule has 1 aliphatic rings. The van der Waals surface area contributed by atoms with Crippen molar-refractivity contribution in [2.75, 3.05) is 13.7 Å². The molecular formula is C9H18N2O2. The van der Waals surface area contributed by atoms with Crippen LogP contribution >= 0.6 is 0 Å². The number of ether oxygens (including phenoxy) is 1. The Labute approximate surface area is 78.8 Å². The van der Waals surface area contributed by atoms with Crippen molar-refractivity contribution >= 4 is 5.91 Å². The molecule has 4 heteroatoms. The molecule has 1 rings (SSSR count). The lowest BCUT2D eigenvalue weighted by atomic mass is 9.80. The van der Waals surface area contributed by atoms with Gasteiger partial charge in [0.2, 0.25) is 5.91 Å². The minimum Gasteiger partial charge on any atom is -0.376 e. The molecule has 3 N–H and O–H groups in total. The Morgan fingerprint density at radius 2 is 2.31 bits per heavy atom. The molecule has 1 aliphatic carbocycles. The summed E-state index contributed by atoms with van der Waals surface area (Å²) >= 11 is 0. The van der Waals surface area contributed by atoms with Gasteiger partial charge in [-0.2, -0.15) is 0 Å². The first kappa shape index (κ1) is 10.5. The summed E-state index contributed by atoms with van der Waals surface area (Å²) in [6, 6.07) is -0.436. The van der Waals surface area contributed by atoms with Crippen molar-refractivity contribution in [1.29, 1.82) is 0 Å². The second-order valence-electron chi connectivity index (χ2n) is 3.75. The summed E-state index contributed by atoms with van der Waals surface area (Å²) < 4.78 is 5.35. The van der Waals surface area contributed by atoms with Gasteiger partial charge in [0.25, 0.3) is 0 Å². The predicted molar refractivity (Wildman–Crippen MR) is 50.3 cm³/mol. The van der Waals surface area contributed by atoms with E-state index in [4.69, 9.17) is 10.5 Å². The molecule has 0 bridgehead atoms. The highest BCUT2D eigenvalue weighted by atomic mass is 16.5. The van der Waals surface area contributed by atoms with Crippen molar-refractivity contribution in [2.45, 2.75) is 37.8 Å². The molecule has 1 saturated carbocycles. The average molecular weight is 186 g/mol. The van der Waals surface area contributed by atoms with Crippen LogP contribution in [0.1, 0.15) is 26.2 Å². The lowest BCUT2D eigenvalue weighted by molar-refractivity contribution is -0.125. The normalized spacial score (nSPS) is 21.8. The van der Waals surface area contributed by atoms with Gasteiger partial charge < -0.3 is 15.8 Å². The van der Waals surface area contributed by atoms with E-state index in [-0.39, 0.29) is 11.5 Å². The highest BCUT2D eigenvalue weighted by molar-refractivity contribution is 5.81. The fourth-order valence-corrected chi connectivity index (χ4v) is 1.43. The van der Waals surface area contributed by atoms with E-state index in [1.807, 2.05) is 0 Å². The van der Waals surface area contributed by atoms with E-state index in [9.17, 15) is 4.79 Å². The van der Waals surface area contributed by atoms with Gasteiger partial charge in [0, 0.05) is 13.7 Å². The van der Waals surface area contributed by atoms with Crippen LogP contribution in [0.25, 0.3) is 0 Å². The van der Waals surface area contributed by atoms with Crippen LogP contribution in [0.5, 0.6) is 0 Å². The third-order valence-electron chi connectivity index (χ3n) is 2.70. The number of hydrogen-bond donors (Lipinski definition) is 2. The number of amides is 1. The Morgan fingerprint density at radius 1 is 1.69 bits per heavy atom. The van der Waals surface area contributed by atoms with Crippen LogP contribution in [0.3, 0.4) is 0 Å². The first-order valence-corrected chi connectivity index (χ1v) is 4.68. The van der Waals surface area contributed by atoms with Crippen molar-refractivity contribution in [3.8, 4) is 0 Å². The molecule has 1 unspecified atom stereocenters. The van der Waals surface area contributed by atoms with Crippen molar-refractivity contribution in [1.82, 2.24) is 5.32 Å². The highest BCUT2D eigenvalue weighted by Gasteiger charge is 2.37. The van der Waals surface area contributed by atoms with Crippen LogP contribution in [0.15, 0.2) is 0 Å². The molecule has 0 heterocycles. The van der Waals surface area contributed by atoms with Gasteiger partial charge in [-0.15, -0.1) is 0 Å². The molecule has 4 nitrogen and oxygen atoms in total. The van der Waals surface area contributed by atoms with Gasteiger partial charge in [-0.05, 0) is 26.2 Å². The molecule has 13 heavy (non-hydrogen) atoms. The van der Waals surface area contributed by atoms with Gasteiger partial charge in [-0.25, -0.2) is 0 Å². The Balaban J connectivity index is 2.28. The molecular weight excluding hydrogens is 168 g/mol. The molecule has 0 aliphatic heterocycles. The maximum absolute atomic E-state index is 11.2. The number of nitrogens with two attached hydrogens (primary N) is 1. The summed E-state index contributed by atoms with van der Waals surface area (Å²) in [6.07, 6.45) is 3.24. The summed E-state index contributed by atoms with van der Waals surface area (Å²) in [7, 11) is 1.69. The summed E-state index contributed by atoms with van der Waals surface area (Å²) in [5.41, 5.74) is 5.31. The van der Waals surface area contributed by atoms with Crippen LogP contribution in [-0.2, 0) is 9.53 Å². The van der Waals surface area contributed by atoms with Crippen LogP contribution in [0, 0.1) is 0 Å². The highest BCUT2D eigenvalue weighted by Crippen LogP contribution is 2.34. The molecule has 0 aromatic heterocycles. The number of hydrogen-bond acceptors (Lipinski definition) is 3. The summed E-state index contributed by atoms with van der Waals surface area (Å²) in [5.74, 6) is -0.108. The van der Waals surface area contributed by atoms with Gasteiger partial charge in [-0.1, -0.05) is 0 Å². The SMILES string of the molecule is COC1(CNC(=O)C(C)N)CCC1. The Bertz CT molecular complexity index is 183. The Kier molecular flexibility index (Phi) is 3.27. The quantitative estimate of drug-likeness (QED) is 0.650. The second-order valence-corrected chi connectivity index (χ2v) is 3.75. The standard InChI is InChI=1S/C9H18N2O2/c1-7(10)8(12)11-6-9(13-2)4-3-5-9/h7H,3-6,10H2,1-2H3,(H,11,12). The van der Waals surface area contributed by atoms with Gasteiger partial charge in [0.1, 0.15) is 0 Å². The maximum atomic E-state index is 11.2. The zero-order valence-electron chi connectivity index (χ0n) is 8.30. The number of rotatable bonds is 4. The molecule has 76 valence electrons. The van der Waals surface area contributed by atoms with E-state index in [0.717, 1.165) is 12.8 Å².